The minimum atomic E-state index is 0.0566. The molecule has 0 radical (unpaired) electrons. The second-order valence-corrected chi connectivity index (χ2v) is 5.27. The Morgan fingerprint density at radius 2 is 2.24 bits per heavy atom. The van der Waals surface area contributed by atoms with Crippen LogP contribution in [0.15, 0.2) is 0 Å². The van der Waals surface area contributed by atoms with Crippen LogP contribution in [-0.4, -0.2) is 30.7 Å². The number of unbranched alkanes of at least 4 members (excludes halogenated alkanes) is 3. The first kappa shape index (κ1) is 12.8. The highest BCUT2D eigenvalue weighted by Crippen LogP contribution is 2.37. The molecule has 4 atom stereocenters. The molecule has 98 valence electrons. The summed E-state index contributed by atoms with van der Waals surface area (Å²) in [6.45, 7) is 2.97. The normalized spacial score (nSPS) is 35.2. The van der Waals surface area contributed by atoms with Gasteiger partial charge in [-0.3, -0.25) is 4.79 Å². The molecular weight excluding hydrogens is 216 g/mol. The second-order valence-electron chi connectivity index (χ2n) is 5.27. The average molecular weight is 240 g/mol. The second kappa shape index (κ2) is 5.83. The first-order valence-electron chi connectivity index (χ1n) is 6.90. The summed E-state index contributed by atoms with van der Waals surface area (Å²) in [6, 6.07) is 0.156. The molecule has 4 nitrogen and oxygen atoms in total. The maximum atomic E-state index is 11.7. The number of ether oxygens (including phenoxy) is 1. The molecule has 1 aliphatic carbocycles. The van der Waals surface area contributed by atoms with Crippen LogP contribution in [-0.2, 0) is 9.53 Å². The molecular formula is C13H24N2O2. The molecule has 0 bridgehead atoms. The lowest BCUT2D eigenvalue weighted by Crippen LogP contribution is -2.68. The SMILES string of the molecule is CCCCCCC(=O)NC1C(N)C2CCOC21. The molecule has 1 saturated heterocycles. The molecule has 4 unspecified atom stereocenters. The number of nitrogens with one attached hydrogen (secondary N) is 1. The largest absolute Gasteiger partial charge is 0.376 e. The van der Waals surface area contributed by atoms with E-state index < -0.39 is 0 Å². The van der Waals surface area contributed by atoms with Crippen molar-refractivity contribution in [2.75, 3.05) is 6.61 Å². The van der Waals surface area contributed by atoms with Crippen LogP contribution >= 0.6 is 0 Å². The smallest absolute Gasteiger partial charge is 0.220 e. The first-order chi connectivity index (χ1) is 8.24. The van der Waals surface area contributed by atoms with Crippen molar-refractivity contribution in [1.29, 1.82) is 0 Å². The molecule has 17 heavy (non-hydrogen) atoms. The molecule has 0 aromatic rings. The predicted molar refractivity (Wildman–Crippen MR) is 66.5 cm³/mol. The Morgan fingerprint density at radius 1 is 1.41 bits per heavy atom. The third-order valence-electron chi connectivity index (χ3n) is 4.03. The lowest BCUT2D eigenvalue weighted by atomic mass is 9.72. The van der Waals surface area contributed by atoms with Crippen molar-refractivity contribution in [2.45, 2.75) is 63.6 Å². The number of rotatable bonds is 6. The van der Waals surface area contributed by atoms with Crippen LogP contribution in [0.1, 0.15) is 45.4 Å². The van der Waals surface area contributed by atoms with Crippen LogP contribution in [0.3, 0.4) is 0 Å². The van der Waals surface area contributed by atoms with Crippen molar-refractivity contribution in [3.8, 4) is 0 Å². The van der Waals surface area contributed by atoms with E-state index in [0.29, 0.717) is 12.3 Å². The summed E-state index contributed by atoms with van der Waals surface area (Å²) in [7, 11) is 0. The molecule has 2 fully saturated rings. The van der Waals surface area contributed by atoms with Gasteiger partial charge in [0, 0.05) is 25.0 Å². The first-order valence-corrected chi connectivity index (χ1v) is 6.90. The number of hydrogen-bond acceptors (Lipinski definition) is 3. The minimum Gasteiger partial charge on any atom is -0.376 e. The van der Waals surface area contributed by atoms with Gasteiger partial charge in [-0.2, -0.15) is 0 Å². The van der Waals surface area contributed by atoms with Gasteiger partial charge < -0.3 is 15.8 Å². The summed E-state index contributed by atoms with van der Waals surface area (Å²) in [4.78, 5) is 11.7. The molecule has 2 aliphatic rings. The van der Waals surface area contributed by atoms with Gasteiger partial charge in [-0.15, -0.1) is 0 Å². The molecule has 3 N–H and O–H groups in total. The van der Waals surface area contributed by atoms with Crippen molar-refractivity contribution in [3.63, 3.8) is 0 Å². The Bertz CT molecular complexity index is 270. The fourth-order valence-electron chi connectivity index (χ4n) is 2.90. The number of hydrogen-bond donors (Lipinski definition) is 2. The fourth-order valence-corrected chi connectivity index (χ4v) is 2.90. The third-order valence-corrected chi connectivity index (χ3v) is 4.03. The highest BCUT2D eigenvalue weighted by Gasteiger charge is 2.52. The van der Waals surface area contributed by atoms with Gasteiger partial charge in [0.05, 0.1) is 12.1 Å². The van der Waals surface area contributed by atoms with Crippen molar-refractivity contribution in [1.82, 2.24) is 5.32 Å². The maximum Gasteiger partial charge on any atom is 0.220 e. The van der Waals surface area contributed by atoms with Gasteiger partial charge in [0.15, 0.2) is 0 Å². The van der Waals surface area contributed by atoms with E-state index in [9.17, 15) is 4.79 Å². The van der Waals surface area contributed by atoms with Gasteiger partial charge in [-0.25, -0.2) is 0 Å². The van der Waals surface area contributed by atoms with Crippen LogP contribution in [0.2, 0.25) is 0 Å². The molecule has 4 heteroatoms. The number of nitrogens with two attached hydrogens (primary N) is 1. The Balaban J connectivity index is 1.65. The van der Waals surface area contributed by atoms with Gasteiger partial charge >= 0.3 is 0 Å². The van der Waals surface area contributed by atoms with Crippen LogP contribution in [0.25, 0.3) is 0 Å². The molecule has 1 heterocycles. The lowest BCUT2D eigenvalue weighted by molar-refractivity contribution is -0.125. The zero-order chi connectivity index (χ0) is 12.3. The number of carbonyl (C=O) groups is 1. The average Bonchev–Trinajstić information content (AvgIpc) is 2.76. The Morgan fingerprint density at radius 3 is 3.00 bits per heavy atom. The monoisotopic (exact) mass is 240 g/mol. The fraction of sp³-hybridized carbons (Fsp3) is 0.923. The molecule has 1 amide bonds. The topological polar surface area (TPSA) is 64.4 Å². The molecule has 0 aromatic heterocycles. The zero-order valence-electron chi connectivity index (χ0n) is 10.7. The standard InChI is InChI=1S/C13H24N2O2/c1-2-3-4-5-6-10(16)15-12-11(14)9-7-8-17-13(9)12/h9,11-13H,2-8,14H2,1H3,(H,15,16). The summed E-state index contributed by atoms with van der Waals surface area (Å²) >= 11 is 0. The van der Waals surface area contributed by atoms with E-state index in [1.807, 2.05) is 0 Å². The quantitative estimate of drug-likeness (QED) is 0.685. The van der Waals surface area contributed by atoms with E-state index in [1.165, 1.54) is 12.8 Å². The van der Waals surface area contributed by atoms with E-state index in [4.69, 9.17) is 10.5 Å². The van der Waals surface area contributed by atoms with Gasteiger partial charge in [0.2, 0.25) is 5.91 Å². The van der Waals surface area contributed by atoms with Crippen molar-refractivity contribution in [2.24, 2.45) is 11.7 Å². The van der Waals surface area contributed by atoms with Crippen molar-refractivity contribution < 1.29 is 9.53 Å². The van der Waals surface area contributed by atoms with E-state index in [-0.39, 0.29) is 24.1 Å². The molecule has 2 rings (SSSR count). The Hall–Kier alpha value is -0.610. The van der Waals surface area contributed by atoms with Crippen LogP contribution < -0.4 is 11.1 Å². The van der Waals surface area contributed by atoms with E-state index in [1.54, 1.807) is 0 Å². The van der Waals surface area contributed by atoms with E-state index in [2.05, 4.69) is 12.2 Å². The van der Waals surface area contributed by atoms with Gasteiger partial charge in [0.25, 0.3) is 0 Å². The van der Waals surface area contributed by atoms with Crippen molar-refractivity contribution in [3.05, 3.63) is 0 Å². The summed E-state index contributed by atoms with van der Waals surface area (Å²) in [5.41, 5.74) is 6.04. The highest BCUT2D eigenvalue weighted by atomic mass is 16.5. The van der Waals surface area contributed by atoms with E-state index >= 15 is 0 Å². The Labute approximate surface area is 103 Å². The third kappa shape index (κ3) is 2.80. The molecule has 0 spiro atoms. The van der Waals surface area contributed by atoms with Crippen LogP contribution in [0.5, 0.6) is 0 Å². The van der Waals surface area contributed by atoms with E-state index in [0.717, 1.165) is 25.9 Å². The number of amides is 1. The highest BCUT2D eigenvalue weighted by molar-refractivity contribution is 5.76. The predicted octanol–water partition coefficient (Wildman–Crippen LogP) is 1.19. The van der Waals surface area contributed by atoms with Crippen molar-refractivity contribution >= 4 is 5.91 Å². The summed E-state index contributed by atoms with van der Waals surface area (Å²) < 4.78 is 5.58. The van der Waals surface area contributed by atoms with Crippen LogP contribution in [0.4, 0.5) is 0 Å². The molecule has 0 aromatic carbocycles. The summed E-state index contributed by atoms with van der Waals surface area (Å²) in [5.74, 6) is 0.607. The number of carbonyl (C=O) groups excluding carboxylic acids is 1. The molecule has 1 saturated carbocycles. The summed E-state index contributed by atoms with van der Waals surface area (Å²) in [6.07, 6.45) is 6.40. The number of fused-ring (bicyclic) bond motifs is 1. The van der Waals surface area contributed by atoms with Gasteiger partial charge in [-0.1, -0.05) is 26.2 Å². The maximum absolute atomic E-state index is 11.7. The lowest BCUT2D eigenvalue weighted by Gasteiger charge is -2.45. The van der Waals surface area contributed by atoms with Crippen LogP contribution in [0, 0.1) is 5.92 Å². The zero-order valence-corrected chi connectivity index (χ0v) is 10.7. The molecule has 1 aliphatic heterocycles. The minimum absolute atomic E-state index is 0.0566. The summed E-state index contributed by atoms with van der Waals surface area (Å²) in [5, 5.41) is 3.03. The van der Waals surface area contributed by atoms with Gasteiger partial charge in [-0.05, 0) is 12.8 Å². The van der Waals surface area contributed by atoms with Gasteiger partial charge in [0.1, 0.15) is 0 Å². The Kier molecular flexibility index (Phi) is 4.40.